The number of nitriles is 2. The maximum absolute atomic E-state index is 12.6. The smallest absolute Gasteiger partial charge is 0.375 e. The minimum Gasteiger partial charge on any atom is -0.489 e. The van der Waals surface area contributed by atoms with Crippen molar-refractivity contribution >= 4 is 47.0 Å². The molecule has 2 aromatic carbocycles. The van der Waals surface area contributed by atoms with Crippen molar-refractivity contribution < 1.29 is 43.2 Å². The Bertz CT molecular complexity index is 3840. The summed E-state index contributed by atoms with van der Waals surface area (Å²) in [5.74, 6) is 2.64. The van der Waals surface area contributed by atoms with Crippen LogP contribution in [0.2, 0.25) is 0 Å². The van der Waals surface area contributed by atoms with Gasteiger partial charge in [0.15, 0.2) is 0 Å². The number of pyridine rings is 2. The Labute approximate surface area is 499 Å². The molecule has 0 bridgehead atoms. The fourth-order valence-electron chi connectivity index (χ4n) is 8.79. The van der Waals surface area contributed by atoms with E-state index in [1.165, 1.54) is 36.7 Å². The minimum atomic E-state index is -1.11. The standard InChI is InChI=1S/C29H30N10O4.C25H27N7O3.C4H5N3O2/c1-17-33-26(37-36-17)29(41)39-11-9-20(10-12-39)43-23-7-5-18(13-19(23)15-30)22-14-25(32-16-31-22)34-24-8-6-21(27(35-24)42-4)28(40)38(2)3;1-32(2)25(33)19-5-7-22(31-24(19)34-3)30-23-13-20(28-15-29-23)16-4-6-21(17(12-16)14-26)35-18-8-10-27-11-9-18;1-2-5-3(4(8)9)7-6-2/h5-8,13-14,16,20H,9-12H2,1-4H3,(H,33,36,37)(H,31,32,34,35);4-7,12-13,15,18,27H,8-11H2,1-3H3,(H,28,29,30,31);1H3,(H,8,9)(H,5,6,7). The van der Waals surface area contributed by atoms with Gasteiger partial charge >= 0.3 is 5.97 Å². The van der Waals surface area contributed by atoms with Gasteiger partial charge in [-0.3, -0.25) is 24.6 Å². The van der Waals surface area contributed by atoms with Crippen LogP contribution in [-0.4, -0.2) is 185 Å². The number of ether oxygens (including phenoxy) is 4. The highest BCUT2D eigenvalue weighted by molar-refractivity contribution is 5.97. The number of anilines is 4. The lowest BCUT2D eigenvalue weighted by atomic mass is 10.1. The first-order valence-corrected chi connectivity index (χ1v) is 27.1. The molecule has 8 heterocycles. The van der Waals surface area contributed by atoms with Gasteiger partial charge in [-0.1, -0.05) is 0 Å². The monoisotopic (exact) mass is 1180 g/mol. The van der Waals surface area contributed by atoms with Crippen LogP contribution in [-0.2, 0) is 0 Å². The number of likely N-dealkylation sites (tertiary alicyclic amines) is 1. The predicted octanol–water partition coefficient (Wildman–Crippen LogP) is 5.78. The maximum atomic E-state index is 12.6. The molecule has 2 aliphatic rings. The van der Waals surface area contributed by atoms with Gasteiger partial charge < -0.3 is 54.7 Å². The molecule has 0 aliphatic carbocycles. The summed E-state index contributed by atoms with van der Waals surface area (Å²) >= 11 is 0. The molecule has 6 aromatic heterocycles. The van der Waals surface area contributed by atoms with Crippen LogP contribution < -0.4 is 34.9 Å². The molecule has 8 aromatic rings. The SMILES string of the molecule is COc1nc(Nc2cc(-c3ccc(OC4CCN(C(=O)c5n[nH]c(C)n5)CC4)c(C#N)c3)ncn2)ccc1C(=O)N(C)C.COc1nc(Nc2cc(-c3ccc(OC4CCNCC4)c(C#N)c3)ncn2)ccc1C(=O)N(C)C.Cc1nc(C(=O)O)n[nH]1. The normalized spacial score (nSPS) is 13.0. The number of H-pyrrole nitrogens is 2. The zero-order valence-corrected chi connectivity index (χ0v) is 48.8. The number of aromatic carboxylic acids is 1. The van der Waals surface area contributed by atoms with Gasteiger partial charge in [-0.05, 0) is 100 Å². The van der Waals surface area contributed by atoms with E-state index >= 15 is 0 Å². The minimum absolute atomic E-state index is 0.105. The van der Waals surface area contributed by atoms with Crippen LogP contribution in [0.1, 0.15) is 90.4 Å². The molecule has 2 aliphatic heterocycles. The number of carbonyl (C=O) groups is 4. The van der Waals surface area contributed by atoms with Gasteiger partial charge in [-0.2, -0.15) is 20.5 Å². The van der Waals surface area contributed by atoms with Crippen LogP contribution in [0.15, 0.2) is 85.5 Å². The van der Waals surface area contributed by atoms with Gasteiger partial charge in [0.1, 0.15) is 94.5 Å². The molecule has 0 radical (unpaired) electrons. The summed E-state index contributed by atoms with van der Waals surface area (Å²) < 4.78 is 22.9. The molecule has 10 rings (SSSR count). The molecule has 0 spiro atoms. The maximum Gasteiger partial charge on any atom is 0.375 e. The second kappa shape index (κ2) is 28.9. The summed E-state index contributed by atoms with van der Waals surface area (Å²) in [7, 11) is 9.56. The molecular formula is C58H62N20O9. The Morgan fingerprint density at radius 1 is 0.598 bits per heavy atom. The number of aromatic amines is 2. The first-order valence-electron chi connectivity index (χ1n) is 27.1. The summed E-state index contributed by atoms with van der Waals surface area (Å²) in [5, 5.41) is 49.8. The second-order valence-corrected chi connectivity index (χ2v) is 19.8. The number of carboxylic acid groups (broad SMARTS) is 1. The molecule has 0 unspecified atom stereocenters. The number of amides is 3. The number of methoxy groups -OCH3 is 2. The van der Waals surface area contributed by atoms with E-state index in [4.69, 9.17) is 24.1 Å². The number of nitrogens with one attached hydrogen (secondary N) is 5. The van der Waals surface area contributed by atoms with Gasteiger partial charge in [0.05, 0.1) is 36.7 Å². The van der Waals surface area contributed by atoms with Crippen LogP contribution in [0.5, 0.6) is 23.3 Å². The molecule has 0 atom stereocenters. The molecule has 448 valence electrons. The number of rotatable bonds is 16. The predicted molar refractivity (Wildman–Crippen MR) is 314 cm³/mol. The number of nitrogens with zero attached hydrogens (tertiary/aromatic N) is 15. The van der Waals surface area contributed by atoms with Crippen molar-refractivity contribution in [3.63, 3.8) is 0 Å². The van der Waals surface area contributed by atoms with Crippen LogP contribution >= 0.6 is 0 Å². The van der Waals surface area contributed by atoms with Crippen LogP contribution in [0.4, 0.5) is 23.3 Å². The molecule has 2 fully saturated rings. The fraction of sp³-hybridized carbons (Fsp3) is 0.310. The molecule has 0 saturated carbocycles. The number of benzene rings is 2. The summed E-state index contributed by atoms with van der Waals surface area (Å²) in [6.45, 7) is 6.22. The third kappa shape index (κ3) is 16.1. The quantitative estimate of drug-likeness (QED) is 0.0667. The Morgan fingerprint density at radius 3 is 1.44 bits per heavy atom. The molecule has 2 saturated heterocycles. The van der Waals surface area contributed by atoms with E-state index in [0.29, 0.717) is 112 Å². The van der Waals surface area contributed by atoms with Crippen molar-refractivity contribution in [2.24, 2.45) is 0 Å². The molecular weight excluding hydrogens is 1120 g/mol. The van der Waals surface area contributed by atoms with Crippen LogP contribution in [0.25, 0.3) is 22.5 Å². The lowest BCUT2D eigenvalue weighted by molar-refractivity contribution is 0.0583. The van der Waals surface area contributed by atoms with E-state index in [9.17, 15) is 29.7 Å². The number of carboxylic acids is 1. The van der Waals surface area contributed by atoms with Gasteiger partial charge in [0, 0.05) is 77.4 Å². The topological polar surface area (TPSA) is 379 Å². The Balaban J connectivity index is 0.000000200. The van der Waals surface area contributed by atoms with E-state index in [2.05, 4.69) is 88.4 Å². The number of piperidine rings is 2. The highest BCUT2D eigenvalue weighted by Crippen LogP contribution is 2.32. The summed E-state index contributed by atoms with van der Waals surface area (Å²) in [5.41, 5.74) is 4.22. The summed E-state index contributed by atoms with van der Waals surface area (Å²) in [6.07, 6.45) is 5.86. The molecule has 6 N–H and O–H groups in total. The lowest BCUT2D eigenvalue weighted by Crippen LogP contribution is -2.42. The van der Waals surface area contributed by atoms with Gasteiger partial charge in [-0.25, -0.2) is 34.7 Å². The Hall–Kier alpha value is -11.2. The van der Waals surface area contributed by atoms with E-state index in [1.807, 2.05) is 18.2 Å². The van der Waals surface area contributed by atoms with Crippen molar-refractivity contribution in [3.8, 4) is 57.9 Å². The second-order valence-electron chi connectivity index (χ2n) is 19.8. The van der Waals surface area contributed by atoms with Gasteiger partial charge in [0.2, 0.25) is 17.6 Å². The van der Waals surface area contributed by atoms with Gasteiger partial charge in [-0.15, -0.1) is 10.2 Å². The molecule has 29 heteroatoms. The highest BCUT2D eigenvalue weighted by Gasteiger charge is 2.28. The third-order valence-corrected chi connectivity index (χ3v) is 13.2. The van der Waals surface area contributed by atoms with Crippen molar-refractivity contribution in [3.05, 3.63) is 131 Å². The summed E-state index contributed by atoms with van der Waals surface area (Å²) in [4.78, 5) is 85.7. The Morgan fingerprint density at radius 2 is 1.05 bits per heavy atom. The van der Waals surface area contributed by atoms with Crippen molar-refractivity contribution in [2.45, 2.75) is 51.7 Å². The highest BCUT2D eigenvalue weighted by atomic mass is 16.5. The summed E-state index contributed by atoms with van der Waals surface area (Å²) in [6, 6.07) is 25.3. The molecule has 29 nitrogen and oxygen atoms in total. The number of hydrogen-bond acceptors (Lipinski definition) is 23. The lowest BCUT2D eigenvalue weighted by Gasteiger charge is -2.31. The first kappa shape index (κ1) is 61.9. The number of aryl methyl sites for hydroxylation is 2. The molecule has 87 heavy (non-hydrogen) atoms. The van der Waals surface area contributed by atoms with Gasteiger partial charge in [0.25, 0.3) is 23.5 Å². The van der Waals surface area contributed by atoms with E-state index in [0.717, 1.165) is 31.5 Å². The van der Waals surface area contributed by atoms with E-state index < -0.39 is 5.97 Å². The fourth-order valence-corrected chi connectivity index (χ4v) is 8.79. The van der Waals surface area contributed by atoms with E-state index in [-0.39, 0.29) is 53.3 Å². The average molecular weight is 1180 g/mol. The largest absolute Gasteiger partial charge is 0.489 e. The van der Waals surface area contributed by atoms with E-state index in [1.54, 1.807) is 102 Å². The van der Waals surface area contributed by atoms with Crippen molar-refractivity contribution in [1.29, 1.82) is 10.5 Å². The number of hydrogen-bond donors (Lipinski definition) is 6. The van der Waals surface area contributed by atoms with Crippen LogP contribution in [0, 0.1) is 36.5 Å². The average Bonchev–Trinajstić information content (AvgIpc) is 3.43. The Kier molecular flexibility index (Phi) is 20.5. The van der Waals surface area contributed by atoms with Crippen LogP contribution in [0.3, 0.4) is 0 Å². The third-order valence-electron chi connectivity index (χ3n) is 13.2. The zero-order valence-electron chi connectivity index (χ0n) is 48.8. The van der Waals surface area contributed by atoms with Crippen molar-refractivity contribution in [1.82, 2.24) is 80.3 Å². The molecule has 3 amide bonds. The zero-order chi connectivity index (χ0) is 62.1. The number of carbonyl (C=O) groups excluding carboxylic acids is 3. The first-order chi connectivity index (χ1) is 41.9. The number of aromatic nitrogens is 12. The van der Waals surface area contributed by atoms with Crippen molar-refractivity contribution in [2.75, 3.05) is 79.2 Å².